The molecular formula is C42H70N2O8S. The van der Waals surface area contributed by atoms with Crippen LogP contribution in [-0.2, 0) is 38.5 Å². The van der Waals surface area contributed by atoms with Crippen molar-refractivity contribution in [2.24, 2.45) is 34.5 Å². The summed E-state index contributed by atoms with van der Waals surface area (Å²) in [6.45, 7) is 12.8. The van der Waals surface area contributed by atoms with E-state index in [0.29, 0.717) is 51.8 Å². The van der Waals surface area contributed by atoms with Crippen LogP contribution in [0.15, 0.2) is 0 Å². The maximum absolute atomic E-state index is 14.6. The molecule has 2 heterocycles. The summed E-state index contributed by atoms with van der Waals surface area (Å²) in [5.41, 5.74) is -0.780. The number of fused-ring (bicyclic) bond motifs is 3. The first-order valence-corrected chi connectivity index (χ1v) is 22.6. The molecule has 0 radical (unpaired) electrons. The van der Waals surface area contributed by atoms with Gasteiger partial charge >= 0.3 is 0 Å². The Balaban J connectivity index is 1.57. The molecule has 0 aromatic carbocycles. The van der Waals surface area contributed by atoms with E-state index in [-0.39, 0.29) is 66.3 Å². The Hall–Kier alpha value is -2.14. The van der Waals surface area contributed by atoms with Crippen LogP contribution in [-0.4, -0.2) is 85.3 Å². The van der Waals surface area contributed by atoms with Crippen molar-refractivity contribution in [3.8, 4) is 0 Å². The number of amides is 2. The molecule has 0 aromatic heterocycles. The van der Waals surface area contributed by atoms with Crippen LogP contribution in [0.25, 0.3) is 0 Å². The molecule has 5 atom stereocenters. The quantitative estimate of drug-likeness (QED) is 0.190. The predicted octanol–water partition coefficient (Wildman–Crippen LogP) is 6.81. The number of hydrogen-bond donors (Lipinski definition) is 1. The number of carbonyl (C=O) groups excluding carboxylic acids is 5. The van der Waals surface area contributed by atoms with Crippen molar-refractivity contribution in [1.29, 1.82) is 0 Å². The van der Waals surface area contributed by atoms with Crippen molar-refractivity contribution in [1.82, 2.24) is 10.2 Å². The van der Waals surface area contributed by atoms with Crippen molar-refractivity contribution in [3.05, 3.63) is 0 Å². The molecule has 2 aliphatic carbocycles. The summed E-state index contributed by atoms with van der Waals surface area (Å²) in [6, 6.07) is -0.676. The minimum absolute atomic E-state index is 0.0189. The van der Waals surface area contributed by atoms with E-state index in [4.69, 9.17) is 4.74 Å². The van der Waals surface area contributed by atoms with Gasteiger partial charge in [-0.2, -0.15) is 0 Å². The first kappa shape index (κ1) is 43.6. The summed E-state index contributed by atoms with van der Waals surface area (Å²) in [5.74, 6) is -2.81. The maximum Gasteiger partial charge on any atom is 0.287 e. The van der Waals surface area contributed by atoms with Crippen LogP contribution in [0.4, 0.5) is 0 Å². The monoisotopic (exact) mass is 762 g/mol. The van der Waals surface area contributed by atoms with Gasteiger partial charge in [-0.05, 0) is 75.5 Å². The topological polar surface area (TPSA) is 144 Å². The third kappa shape index (κ3) is 10.8. The van der Waals surface area contributed by atoms with E-state index in [2.05, 4.69) is 19.2 Å². The summed E-state index contributed by atoms with van der Waals surface area (Å²) in [5, 5.41) is 2.70. The highest BCUT2D eigenvalue weighted by Crippen LogP contribution is 2.65. The lowest BCUT2D eigenvalue weighted by atomic mass is 9.71. The molecule has 4 aliphatic rings. The number of carbonyl (C=O) groups is 5. The molecule has 0 spiro atoms. The normalized spacial score (nSPS) is 28.5. The zero-order valence-corrected chi connectivity index (χ0v) is 34.6. The van der Waals surface area contributed by atoms with Gasteiger partial charge in [0.05, 0.1) is 23.1 Å². The molecule has 0 aromatic rings. The molecule has 2 aliphatic heterocycles. The van der Waals surface area contributed by atoms with E-state index in [1.165, 1.54) is 0 Å². The number of Topliss-reactive ketones (excluding diaryl/α,β-unsaturated/α-hetero) is 3. The highest BCUT2D eigenvalue weighted by Gasteiger charge is 2.69. The van der Waals surface area contributed by atoms with Gasteiger partial charge in [0.1, 0.15) is 5.78 Å². The molecule has 4 rings (SSSR count). The van der Waals surface area contributed by atoms with Gasteiger partial charge in [-0.25, -0.2) is 8.42 Å². The Kier molecular flexibility index (Phi) is 15.3. The van der Waals surface area contributed by atoms with Crippen LogP contribution in [0.2, 0.25) is 0 Å². The van der Waals surface area contributed by atoms with Crippen LogP contribution < -0.4 is 5.32 Å². The molecule has 302 valence electrons. The van der Waals surface area contributed by atoms with Crippen LogP contribution in [0.5, 0.6) is 0 Å². The van der Waals surface area contributed by atoms with Gasteiger partial charge in [0.2, 0.25) is 11.7 Å². The van der Waals surface area contributed by atoms with Gasteiger partial charge in [-0.1, -0.05) is 85.0 Å². The number of ether oxygens (including phenoxy) is 1. The van der Waals surface area contributed by atoms with Gasteiger partial charge in [-0.3, -0.25) is 24.0 Å². The Labute approximate surface area is 320 Å². The van der Waals surface area contributed by atoms with Crippen LogP contribution in [0.1, 0.15) is 157 Å². The summed E-state index contributed by atoms with van der Waals surface area (Å²) >= 11 is 0. The van der Waals surface area contributed by atoms with Crippen molar-refractivity contribution < 1.29 is 37.1 Å². The number of piperidine rings is 1. The van der Waals surface area contributed by atoms with Crippen LogP contribution in [0, 0.1) is 34.5 Å². The van der Waals surface area contributed by atoms with E-state index in [0.717, 1.165) is 64.2 Å². The Bertz CT molecular complexity index is 1420. The highest BCUT2D eigenvalue weighted by molar-refractivity contribution is 7.92. The van der Waals surface area contributed by atoms with E-state index < -0.39 is 49.6 Å². The molecule has 10 nitrogen and oxygen atoms in total. The number of nitrogens with zero attached hydrogens (tertiary/aromatic N) is 1. The zero-order chi connectivity index (χ0) is 39.0. The maximum atomic E-state index is 14.6. The van der Waals surface area contributed by atoms with Crippen molar-refractivity contribution in [2.45, 2.75) is 168 Å². The number of sulfone groups is 1. The van der Waals surface area contributed by atoms with Crippen molar-refractivity contribution in [3.63, 3.8) is 0 Å². The smallest absolute Gasteiger partial charge is 0.287 e. The minimum Gasteiger partial charge on any atom is -0.380 e. The zero-order valence-electron chi connectivity index (χ0n) is 33.8. The fraction of sp³-hybridized carbons (Fsp3) is 0.881. The molecular weight excluding hydrogens is 693 g/mol. The Morgan fingerprint density at radius 3 is 2.13 bits per heavy atom. The van der Waals surface area contributed by atoms with Crippen LogP contribution in [0.3, 0.4) is 0 Å². The fourth-order valence-electron chi connectivity index (χ4n) is 9.77. The second kappa shape index (κ2) is 18.7. The Morgan fingerprint density at radius 2 is 1.51 bits per heavy atom. The summed E-state index contributed by atoms with van der Waals surface area (Å²) in [7, 11) is -3.61. The van der Waals surface area contributed by atoms with Gasteiger partial charge in [0, 0.05) is 50.8 Å². The molecule has 2 amide bonds. The summed E-state index contributed by atoms with van der Waals surface area (Å²) < 4.78 is 32.1. The van der Waals surface area contributed by atoms with E-state index in [1.807, 2.05) is 13.8 Å². The highest BCUT2D eigenvalue weighted by atomic mass is 32.2. The van der Waals surface area contributed by atoms with Crippen molar-refractivity contribution >= 4 is 39.0 Å². The number of nitrogens with one attached hydrogen (secondary N) is 1. The second-order valence-corrected chi connectivity index (χ2v) is 20.9. The molecule has 2 saturated carbocycles. The van der Waals surface area contributed by atoms with Gasteiger partial charge in [0.25, 0.3) is 5.91 Å². The number of hydrogen-bond acceptors (Lipinski definition) is 8. The lowest BCUT2D eigenvalue weighted by molar-refractivity contribution is -0.146. The number of ketones is 3. The first-order chi connectivity index (χ1) is 25.0. The fourth-order valence-corrected chi connectivity index (χ4v) is 11.6. The molecule has 2 saturated heterocycles. The molecule has 4 fully saturated rings. The average Bonchev–Trinajstić information content (AvgIpc) is 3.40. The molecule has 53 heavy (non-hydrogen) atoms. The van der Waals surface area contributed by atoms with Gasteiger partial charge in [-0.15, -0.1) is 0 Å². The Morgan fingerprint density at radius 1 is 0.906 bits per heavy atom. The van der Waals surface area contributed by atoms with E-state index >= 15 is 0 Å². The molecule has 1 N–H and O–H groups in total. The molecule has 11 heteroatoms. The largest absolute Gasteiger partial charge is 0.380 e. The third-order valence-electron chi connectivity index (χ3n) is 13.3. The summed E-state index contributed by atoms with van der Waals surface area (Å²) in [4.78, 5) is 71.0. The van der Waals surface area contributed by atoms with E-state index in [1.54, 1.807) is 18.7 Å². The summed E-state index contributed by atoms with van der Waals surface area (Å²) in [6.07, 6.45) is 12.4. The molecule has 0 bridgehead atoms. The molecule has 0 unspecified atom stereocenters. The minimum atomic E-state index is -3.61. The predicted molar refractivity (Wildman–Crippen MR) is 207 cm³/mol. The lowest BCUT2D eigenvalue weighted by Gasteiger charge is -2.39. The number of rotatable bonds is 14. The lowest BCUT2D eigenvalue weighted by Crippen LogP contribution is -2.49. The van der Waals surface area contributed by atoms with Crippen molar-refractivity contribution in [2.75, 3.05) is 32.1 Å². The van der Waals surface area contributed by atoms with E-state index in [9.17, 15) is 32.4 Å². The SMILES string of the molecule is CCCNC(=O)C(=O)[C@@H]1CCCCCCCCC[C@H](CC(=O)CC2(CS(=O)(=O)C(C)(C)COCC)CCCCC2)C(=O)N2C[C@H]3[C@@H]([C@H]2C(=O)C1)C3(C)C. The first-order valence-electron chi connectivity index (χ1n) is 21.0. The van der Waals surface area contributed by atoms with Gasteiger partial charge < -0.3 is 15.0 Å². The third-order valence-corrected chi connectivity index (χ3v) is 16.1. The average molecular weight is 763 g/mol. The van der Waals surface area contributed by atoms with Gasteiger partial charge in [0.15, 0.2) is 15.6 Å². The van der Waals surface area contributed by atoms with Crippen LogP contribution >= 0.6 is 0 Å². The standard InChI is InChI=1S/C42H70N2O8S/c1-7-23-43-38(48)37(47)30-19-15-12-10-9-11-13-16-20-31(39(49)44-27-33-35(41(33,5)6)36(44)34(46)25-30)24-32(45)26-42(21-17-14-18-22-42)29-53(50,51)40(3,4)28-52-8-2/h30-31,33,35-36H,7-29H2,1-6H3,(H,43,48)/t30-,31-,33+,35+,36-/m1/s1. The second-order valence-electron chi connectivity index (χ2n) is 18.3.